The third-order valence-electron chi connectivity index (χ3n) is 3.64. The predicted molar refractivity (Wildman–Crippen MR) is 70.5 cm³/mol. The lowest BCUT2D eigenvalue weighted by Gasteiger charge is -2.25. The summed E-state index contributed by atoms with van der Waals surface area (Å²) in [5.41, 5.74) is 2.84. The van der Waals surface area contributed by atoms with Gasteiger partial charge in [0, 0.05) is 4.47 Å². The molecule has 1 aliphatic carbocycles. The maximum absolute atomic E-state index is 9.48. The Morgan fingerprint density at radius 1 is 1.25 bits per heavy atom. The number of hydrogen-bond donors (Lipinski definition) is 1. The minimum atomic E-state index is -0.0418. The molecule has 0 spiro atoms. The first-order valence-corrected chi connectivity index (χ1v) is 6.87. The van der Waals surface area contributed by atoms with Crippen molar-refractivity contribution in [3.8, 4) is 0 Å². The molecule has 16 heavy (non-hydrogen) atoms. The largest absolute Gasteiger partial charge is 0.393 e. The summed E-state index contributed by atoms with van der Waals surface area (Å²) < 4.78 is 1.17. The lowest BCUT2D eigenvalue weighted by atomic mass is 9.83. The van der Waals surface area contributed by atoms with Crippen LogP contribution in [0.3, 0.4) is 0 Å². The van der Waals surface area contributed by atoms with E-state index < -0.39 is 0 Å². The van der Waals surface area contributed by atoms with Crippen LogP contribution in [-0.2, 0) is 6.42 Å². The van der Waals surface area contributed by atoms with Crippen LogP contribution < -0.4 is 0 Å². The molecule has 0 aromatic heterocycles. The molecule has 0 amide bonds. The van der Waals surface area contributed by atoms with Crippen LogP contribution in [0.1, 0.15) is 36.8 Å². The highest BCUT2D eigenvalue weighted by Gasteiger charge is 2.19. The van der Waals surface area contributed by atoms with Crippen molar-refractivity contribution in [3.63, 3.8) is 0 Å². The van der Waals surface area contributed by atoms with Gasteiger partial charge in [0.1, 0.15) is 0 Å². The zero-order valence-corrected chi connectivity index (χ0v) is 11.3. The maximum atomic E-state index is 9.48. The number of halogens is 1. The summed E-state index contributed by atoms with van der Waals surface area (Å²) in [5, 5.41) is 9.48. The van der Waals surface area contributed by atoms with E-state index in [2.05, 4.69) is 41.1 Å². The van der Waals surface area contributed by atoms with Crippen LogP contribution in [0.2, 0.25) is 0 Å². The number of hydrogen-bond acceptors (Lipinski definition) is 1. The molecule has 0 radical (unpaired) electrons. The Hall–Kier alpha value is -0.340. The van der Waals surface area contributed by atoms with E-state index in [1.165, 1.54) is 28.4 Å². The van der Waals surface area contributed by atoms with Crippen LogP contribution in [0.15, 0.2) is 22.7 Å². The second-order valence-electron chi connectivity index (χ2n) is 4.95. The van der Waals surface area contributed by atoms with Crippen molar-refractivity contribution >= 4 is 15.9 Å². The molecular weight excluding hydrogens is 264 g/mol. The maximum Gasteiger partial charge on any atom is 0.0540 e. The smallest absolute Gasteiger partial charge is 0.0540 e. The molecule has 0 aliphatic heterocycles. The van der Waals surface area contributed by atoms with E-state index in [1.54, 1.807) is 0 Å². The first kappa shape index (κ1) is 12.1. The molecule has 1 aliphatic rings. The number of aliphatic hydroxyl groups is 1. The molecule has 0 heterocycles. The molecule has 1 N–H and O–H groups in total. The minimum Gasteiger partial charge on any atom is -0.393 e. The fourth-order valence-electron chi connectivity index (χ4n) is 2.52. The summed E-state index contributed by atoms with van der Waals surface area (Å²) in [6.45, 7) is 2.18. The molecule has 1 nitrogen and oxygen atoms in total. The van der Waals surface area contributed by atoms with Crippen LogP contribution in [-0.4, -0.2) is 11.2 Å². The fourth-order valence-corrected chi connectivity index (χ4v) is 2.93. The van der Waals surface area contributed by atoms with Gasteiger partial charge in [-0.15, -0.1) is 0 Å². The Bertz CT molecular complexity index is 354. The summed E-state index contributed by atoms with van der Waals surface area (Å²) in [7, 11) is 0. The summed E-state index contributed by atoms with van der Waals surface area (Å²) in [6.07, 6.45) is 5.44. The van der Waals surface area contributed by atoms with Crippen molar-refractivity contribution < 1.29 is 5.11 Å². The fraction of sp³-hybridized carbons (Fsp3) is 0.571. The van der Waals surface area contributed by atoms with Gasteiger partial charge in [-0.05, 0) is 68.2 Å². The SMILES string of the molecule is Cc1ccc(Br)cc1CC1CCC(O)CC1. The highest BCUT2D eigenvalue weighted by Crippen LogP contribution is 2.29. The van der Waals surface area contributed by atoms with Gasteiger partial charge < -0.3 is 5.11 Å². The van der Waals surface area contributed by atoms with Crippen molar-refractivity contribution in [1.29, 1.82) is 0 Å². The van der Waals surface area contributed by atoms with Gasteiger partial charge in [-0.25, -0.2) is 0 Å². The van der Waals surface area contributed by atoms with Gasteiger partial charge in [-0.2, -0.15) is 0 Å². The average molecular weight is 283 g/mol. The Kier molecular flexibility index (Phi) is 4.04. The van der Waals surface area contributed by atoms with E-state index in [0.717, 1.165) is 25.2 Å². The Labute approximate surface area is 106 Å². The normalized spacial score (nSPS) is 25.7. The average Bonchev–Trinajstić information content (AvgIpc) is 2.27. The summed E-state index contributed by atoms with van der Waals surface area (Å²) in [4.78, 5) is 0. The van der Waals surface area contributed by atoms with E-state index in [1.807, 2.05) is 0 Å². The molecule has 1 aromatic rings. The Balaban J connectivity index is 2.00. The molecule has 2 rings (SSSR count). The van der Waals surface area contributed by atoms with Crippen LogP contribution >= 0.6 is 15.9 Å². The number of benzene rings is 1. The molecule has 0 bridgehead atoms. The molecule has 1 saturated carbocycles. The van der Waals surface area contributed by atoms with Crippen molar-refractivity contribution in [2.24, 2.45) is 5.92 Å². The van der Waals surface area contributed by atoms with Crippen LogP contribution in [0, 0.1) is 12.8 Å². The Morgan fingerprint density at radius 3 is 2.62 bits per heavy atom. The summed E-state index contributed by atoms with van der Waals surface area (Å²) in [5.74, 6) is 0.761. The third kappa shape index (κ3) is 3.08. The highest BCUT2D eigenvalue weighted by molar-refractivity contribution is 9.10. The first-order valence-electron chi connectivity index (χ1n) is 6.08. The lowest BCUT2D eigenvalue weighted by Crippen LogP contribution is -2.19. The Morgan fingerprint density at radius 2 is 1.94 bits per heavy atom. The molecular formula is C14H19BrO. The molecule has 1 fully saturated rings. The van der Waals surface area contributed by atoms with Crippen molar-refractivity contribution in [1.82, 2.24) is 0 Å². The second-order valence-corrected chi connectivity index (χ2v) is 5.87. The minimum absolute atomic E-state index is 0.0418. The first-order chi connectivity index (χ1) is 7.65. The topological polar surface area (TPSA) is 20.2 Å². The number of aryl methyl sites for hydroxylation is 1. The van der Waals surface area contributed by atoms with E-state index in [-0.39, 0.29) is 6.10 Å². The summed E-state index contributed by atoms with van der Waals surface area (Å²) in [6, 6.07) is 6.51. The lowest BCUT2D eigenvalue weighted by molar-refractivity contribution is 0.108. The van der Waals surface area contributed by atoms with Gasteiger partial charge in [-0.1, -0.05) is 22.0 Å². The molecule has 0 atom stereocenters. The van der Waals surface area contributed by atoms with Gasteiger partial charge in [0.05, 0.1) is 6.10 Å². The van der Waals surface area contributed by atoms with Gasteiger partial charge in [-0.3, -0.25) is 0 Å². The quantitative estimate of drug-likeness (QED) is 0.874. The number of rotatable bonds is 2. The van der Waals surface area contributed by atoms with E-state index in [9.17, 15) is 5.11 Å². The summed E-state index contributed by atoms with van der Waals surface area (Å²) >= 11 is 3.53. The second kappa shape index (κ2) is 5.33. The van der Waals surface area contributed by atoms with Gasteiger partial charge in [0.2, 0.25) is 0 Å². The van der Waals surface area contributed by atoms with E-state index >= 15 is 0 Å². The highest BCUT2D eigenvalue weighted by atomic mass is 79.9. The standard InChI is InChI=1S/C14H19BrO/c1-10-2-5-13(15)9-12(10)8-11-3-6-14(16)7-4-11/h2,5,9,11,14,16H,3-4,6-8H2,1H3. The monoisotopic (exact) mass is 282 g/mol. The molecule has 2 heteroatoms. The molecule has 0 saturated heterocycles. The van der Waals surface area contributed by atoms with E-state index in [4.69, 9.17) is 0 Å². The number of aliphatic hydroxyl groups excluding tert-OH is 1. The van der Waals surface area contributed by atoms with Crippen molar-refractivity contribution in [3.05, 3.63) is 33.8 Å². The van der Waals surface area contributed by atoms with Gasteiger partial charge in [0.25, 0.3) is 0 Å². The van der Waals surface area contributed by atoms with Crippen LogP contribution in [0.25, 0.3) is 0 Å². The van der Waals surface area contributed by atoms with Crippen molar-refractivity contribution in [2.75, 3.05) is 0 Å². The molecule has 88 valence electrons. The molecule has 1 aromatic carbocycles. The van der Waals surface area contributed by atoms with Crippen LogP contribution in [0.4, 0.5) is 0 Å². The van der Waals surface area contributed by atoms with Gasteiger partial charge in [0.15, 0.2) is 0 Å². The zero-order valence-electron chi connectivity index (χ0n) is 9.75. The van der Waals surface area contributed by atoms with Crippen LogP contribution in [0.5, 0.6) is 0 Å². The molecule has 0 unspecified atom stereocenters. The van der Waals surface area contributed by atoms with Crippen molar-refractivity contribution in [2.45, 2.75) is 45.1 Å². The van der Waals surface area contributed by atoms with Gasteiger partial charge >= 0.3 is 0 Å². The third-order valence-corrected chi connectivity index (χ3v) is 4.13. The predicted octanol–water partition coefficient (Wildman–Crippen LogP) is 3.85. The zero-order chi connectivity index (χ0) is 11.5. The van der Waals surface area contributed by atoms with E-state index in [0.29, 0.717) is 0 Å².